The number of halogens is 3. The number of nitrogens with zero attached hydrogens (tertiary/aromatic N) is 1. The lowest BCUT2D eigenvalue weighted by atomic mass is 10.1. The van der Waals surface area contributed by atoms with Crippen molar-refractivity contribution >= 4 is 17.5 Å². The van der Waals surface area contributed by atoms with Crippen LogP contribution in [-0.2, 0) is 16.0 Å². The molecule has 1 aliphatic heterocycles. The molecule has 2 amide bonds. The predicted octanol–water partition coefficient (Wildman–Crippen LogP) is 3.69. The summed E-state index contributed by atoms with van der Waals surface area (Å²) in [6, 6.07) is 7.12. The highest BCUT2D eigenvalue weighted by Crippen LogP contribution is 2.31. The minimum absolute atomic E-state index is 0.159. The van der Waals surface area contributed by atoms with E-state index in [0.29, 0.717) is 44.1 Å². The topological polar surface area (TPSA) is 67.9 Å². The van der Waals surface area contributed by atoms with Crippen LogP contribution < -0.4 is 14.8 Å². The maximum absolute atomic E-state index is 13.8. The third-order valence-corrected chi connectivity index (χ3v) is 4.72. The fourth-order valence-electron chi connectivity index (χ4n) is 3.20. The highest BCUT2D eigenvalue weighted by atomic mass is 19.2. The second-order valence-corrected chi connectivity index (χ2v) is 7.06. The number of hydrogen-bond acceptors (Lipinski definition) is 4. The van der Waals surface area contributed by atoms with E-state index in [9.17, 15) is 22.8 Å². The summed E-state index contributed by atoms with van der Waals surface area (Å²) in [5, 5.41) is 2.19. The first kappa shape index (κ1) is 22.5. The van der Waals surface area contributed by atoms with Crippen molar-refractivity contribution in [2.75, 3.05) is 31.6 Å². The summed E-state index contributed by atoms with van der Waals surface area (Å²) in [7, 11) is 0. The summed E-state index contributed by atoms with van der Waals surface area (Å²) in [5.74, 6) is -4.16. The van der Waals surface area contributed by atoms with Gasteiger partial charge in [-0.1, -0.05) is 13.0 Å². The van der Waals surface area contributed by atoms with Crippen LogP contribution in [0.5, 0.6) is 11.5 Å². The Balaban J connectivity index is 1.58. The first-order valence-electron chi connectivity index (χ1n) is 9.98. The molecule has 0 bridgehead atoms. The number of benzene rings is 2. The number of amides is 2. The fourth-order valence-corrected chi connectivity index (χ4v) is 3.20. The number of hydrogen-bond donors (Lipinski definition) is 1. The molecule has 0 saturated heterocycles. The van der Waals surface area contributed by atoms with Gasteiger partial charge in [0.05, 0.1) is 12.2 Å². The monoisotopic (exact) mass is 436 g/mol. The van der Waals surface area contributed by atoms with Crippen LogP contribution in [0.4, 0.5) is 18.9 Å². The number of rotatable bonds is 8. The van der Waals surface area contributed by atoms with Crippen LogP contribution >= 0.6 is 0 Å². The zero-order chi connectivity index (χ0) is 22.4. The molecular formula is C22H23F3N2O4. The Morgan fingerprint density at radius 2 is 1.77 bits per heavy atom. The number of anilines is 1. The Morgan fingerprint density at radius 1 is 1.03 bits per heavy atom. The van der Waals surface area contributed by atoms with Crippen molar-refractivity contribution in [3.8, 4) is 11.5 Å². The van der Waals surface area contributed by atoms with E-state index in [0.717, 1.165) is 17.7 Å². The van der Waals surface area contributed by atoms with Gasteiger partial charge in [-0.25, -0.2) is 13.2 Å². The quantitative estimate of drug-likeness (QED) is 0.641. The Bertz CT molecular complexity index is 968. The van der Waals surface area contributed by atoms with Crippen molar-refractivity contribution in [3.63, 3.8) is 0 Å². The number of carbonyl (C=O) groups is 2. The highest BCUT2D eigenvalue weighted by Gasteiger charge is 2.20. The minimum atomic E-state index is -1.67. The van der Waals surface area contributed by atoms with E-state index in [4.69, 9.17) is 9.47 Å². The van der Waals surface area contributed by atoms with Crippen LogP contribution in [0.1, 0.15) is 25.3 Å². The van der Waals surface area contributed by atoms with E-state index in [2.05, 4.69) is 5.32 Å². The molecule has 3 rings (SSSR count). The minimum Gasteiger partial charge on any atom is -0.486 e. The average molecular weight is 436 g/mol. The molecule has 1 N–H and O–H groups in total. The Labute approximate surface area is 177 Å². The van der Waals surface area contributed by atoms with Crippen LogP contribution in [-0.4, -0.2) is 43.0 Å². The normalized spacial score (nSPS) is 12.4. The molecule has 0 saturated carbocycles. The second-order valence-electron chi connectivity index (χ2n) is 7.06. The van der Waals surface area contributed by atoms with Gasteiger partial charge >= 0.3 is 0 Å². The van der Waals surface area contributed by atoms with E-state index >= 15 is 0 Å². The fraction of sp³-hybridized carbons (Fsp3) is 0.364. The van der Waals surface area contributed by atoms with Gasteiger partial charge in [0.2, 0.25) is 11.8 Å². The van der Waals surface area contributed by atoms with Crippen LogP contribution in [0, 0.1) is 17.5 Å². The first-order chi connectivity index (χ1) is 14.9. The number of ether oxygens (including phenoxy) is 2. The Kier molecular flexibility index (Phi) is 7.38. The molecule has 1 aliphatic rings. The van der Waals surface area contributed by atoms with Crippen molar-refractivity contribution < 1.29 is 32.2 Å². The van der Waals surface area contributed by atoms with Crippen molar-refractivity contribution in [1.82, 2.24) is 4.90 Å². The summed E-state index contributed by atoms with van der Waals surface area (Å²) in [5.41, 5.74) is 0.409. The highest BCUT2D eigenvalue weighted by molar-refractivity contribution is 5.94. The summed E-state index contributed by atoms with van der Waals surface area (Å²) in [6.45, 7) is 2.81. The molecule has 0 unspecified atom stereocenters. The van der Waals surface area contributed by atoms with Crippen LogP contribution in [0.3, 0.4) is 0 Å². The predicted molar refractivity (Wildman–Crippen MR) is 108 cm³/mol. The smallest absolute Gasteiger partial charge is 0.244 e. The first-order valence-corrected chi connectivity index (χ1v) is 9.98. The molecule has 31 heavy (non-hydrogen) atoms. The average Bonchev–Trinajstić information content (AvgIpc) is 2.77. The molecule has 6 nitrogen and oxygen atoms in total. The van der Waals surface area contributed by atoms with Gasteiger partial charge in [0, 0.05) is 13.0 Å². The van der Waals surface area contributed by atoms with E-state index in [1.54, 1.807) is 6.07 Å². The lowest BCUT2D eigenvalue weighted by Gasteiger charge is -2.22. The van der Waals surface area contributed by atoms with E-state index in [1.165, 1.54) is 4.90 Å². The molecule has 0 aliphatic carbocycles. The Morgan fingerprint density at radius 3 is 2.52 bits per heavy atom. The molecule has 0 radical (unpaired) electrons. The molecule has 9 heteroatoms. The summed E-state index contributed by atoms with van der Waals surface area (Å²) in [4.78, 5) is 26.3. The lowest BCUT2D eigenvalue weighted by Crippen LogP contribution is -2.38. The van der Waals surface area contributed by atoms with Gasteiger partial charge in [-0.05, 0) is 42.7 Å². The molecule has 1 heterocycles. The summed E-state index contributed by atoms with van der Waals surface area (Å²) in [6.07, 6.45) is 1.21. The van der Waals surface area contributed by atoms with Crippen molar-refractivity contribution in [3.05, 3.63) is 53.3 Å². The standard InChI is InChI=1S/C22H23F3N2O4/c1-2-9-27(13-19(28)26-16-6-5-15(23)21(24)22(16)25)20(29)8-4-14-3-7-17-18(12-14)31-11-10-30-17/h3,5-7,12H,2,4,8-11,13H2,1H3,(H,26,28). The molecule has 2 aromatic rings. The van der Waals surface area contributed by atoms with Crippen molar-refractivity contribution in [2.45, 2.75) is 26.2 Å². The summed E-state index contributed by atoms with van der Waals surface area (Å²) >= 11 is 0. The third-order valence-electron chi connectivity index (χ3n) is 4.72. The van der Waals surface area contributed by atoms with Gasteiger partial charge in [-0.15, -0.1) is 0 Å². The van der Waals surface area contributed by atoms with Gasteiger partial charge in [-0.2, -0.15) is 0 Å². The van der Waals surface area contributed by atoms with Gasteiger partial charge in [-0.3, -0.25) is 9.59 Å². The largest absolute Gasteiger partial charge is 0.486 e. The van der Waals surface area contributed by atoms with E-state index in [1.807, 2.05) is 19.1 Å². The van der Waals surface area contributed by atoms with Crippen LogP contribution in [0.2, 0.25) is 0 Å². The van der Waals surface area contributed by atoms with Gasteiger partial charge in [0.1, 0.15) is 13.2 Å². The second kappa shape index (κ2) is 10.2. The number of nitrogens with one attached hydrogen (secondary N) is 1. The summed E-state index contributed by atoms with van der Waals surface area (Å²) < 4.78 is 51.2. The lowest BCUT2D eigenvalue weighted by molar-refractivity contribution is -0.134. The zero-order valence-corrected chi connectivity index (χ0v) is 17.1. The van der Waals surface area contributed by atoms with Crippen molar-refractivity contribution in [1.29, 1.82) is 0 Å². The molecule has 0 fully saturated rings. The van der Waals surface area contributed by atoms with Crippen molar-refractivity contribution in [2.24, 2.45) is 0 Å². The number of fused-ring (bicyclic) bond motifs is 1. The van der Waals surface area contributed by atoms with Crippen LogP contribution in [0.25, 0.3) is 0 Å². The molecule has 0 spiro atoms. The van der Waals surface area contributed by atoms with Gasteiger partial charge in [0.15, 0.2) is 29.0 Å². The zero-order valence-electron chi connectivity index (χ0n) is 17.1. The molecule has 166 valence electrons. The number of carbonyl (C=O) groups excluding carboxylic acids is 2. The SMILES string of the molecule is CCCN(CC(=O)Nc1ccc(F)c(F)c1F)C(=O)CCc1ccc2c(c1)OCCO2. The third kappa shape index (κ3) is 5.68. The Hall–Kier alpha value is -3.23. The van der Waals surface area contributed by atoms with Crippen LogP contribution in [0.15, 0.2) is 30.3 Å². The molecule has 0 atom stereocenters. The maximum atomic E-state index is 13.8. The number of aryl methyl sites for hydroxylation is 1. The van der Waals surface area contributed by atoms with Gasteiger partial charge < -0.3 is 19.7 Å². The molecule has 0 aromatic heterocycles. The molecular weight excluding hydrogens is 413 g/mol. The maximum Gasteiger partial charge on any atom is 0.244 e. The van der Waals surface area contributed by atoms with E-state index < -0.39 is 29.0 Å². The van der Waals surface area contributed by atoms with E-state index in [-0.39, 0.29) is 18.9 Å². The molecule has 2 aromatic carbocycles. The van der Waals surface area contributed by atoms with Gasteiger partial charge in [0.25, 0.3) is 0 Å².